The molecular formula is C25H19Cl2FN4OS. The highest BCUT2D eigenvalue weighted by Gasteiger charge is 2.42. The van der Waals surface area contributed by atoms with Gasteiger partial charge in [-0.2, -0.15) is 0 Å². The zero-order chi connectivity index (χ0) is 23.8. The van der Waals surface area contributed by atoms with Crippen molar-refractivity contribution >= 4 is 46.2 Å². The van der Waals surface area contributed by atoms with E-state index in [0.717, 1.165) is 22.8 Å². The van der Waals surface area contributed by atoms with Gasteiger partial charge in [-0.25, -0.2) is 4.39 Å². The van der Waals surface area contributed by atoms with Crippen LogP contribution in [-0.2, 0) is 0 Å². The highest BCUT2D eigenvalue weighted by Crippen LogP contribution is 2.43. The van der Waals surface area contributed by atoms with Crippen molar-refractivity contribution in [2.75, 3.05) is 12.0 Å². The molecule has 1 aliphatic rings. The van der Waals surface area contributed by atoms with E-state index in [-0.39, 0.29) is 17.1 Å². The molecule has 0 amide bonds. The molecule has 0 aliphatic carbocycles. The molecule has 1 aliphatic heterocycles. The summed E-state index contributed by atoms with van der Waals surface area (Å²) in [6, 6.07) is 19.4. The monoisotopic (exact) mass is 512 g/mol. The van der Waals surface area contributed by atoms with Crippen molar-refractivity contribution in [2.45, 2.75) is 12.1 Å². The van der Waals surface area contributed by atoms with Gasteiger partial charge in [0.05, 0.1) is 28.9 Å². The SMILES string of the molecule is COc1ccc(N2C(=S)N[C@H](c3ccccn3)[C@@H]2c2cccn2-c2ccc(F)c(Cl)c2)cc1Cl. The van der Waals surface area contributed by atoms with E-state index in [1.165, 1.54) is 6.07 Å². The fraction of sp³-hybridized carbons (Fsp3) is 0.120. The van der Waals surface area contributed by atoms with Crippen LogP contribution in [0.25, 0.3) is 5.69 Å². The summed E-state index contributed by atoms with van der Waals surface area (Å²) in [5.74, 6) is 0.106. The van der Waals surface area contributed by atoms with E-state index in [4.69, 9.17) is 40.2 Å². The molecule has 3 heterocycles. The molecule has 34 heavy (non-hydrogen) atoms. The van der Waals surface area contributed by atoms with Crippen LogP contribution in [0.3, 0.4) is 0 Å². The second kappa shape index (κ2) is 9.25. The maximum atomic E-state index is 13.9. The van der Waals surface area contributed by atoms with Crippen LogP contribution in [0.4, 0.5) is 10.1 Å². The topological polar surface area (TPSA) is 42.3 Å². The van der Waals surface area contributed by atoms with E-state index in [1.54, 1.807) is 25.4 Å². The molecular weight excluding hydrogens is 494 g/mol. The number of hydrogen-bond donors (Lipinski definition) is 1. The van der Waals surface area contributed by atoms with Crippen LogP contribution in [0.1, 0.15) is 23.5 Å². The molecule has 4 aromatic rings. The molecule has 2 atom stereocenters. The number of rotatable bonds is 5. The summed E-state index contributed by atoms with van der Waals surface area (Å²) < 4.78 is 21.1. The Balaban J connectivity index is 1.67. The van der Waals surface area contributed by atoms with Crippen molar-refractivity contribution in [3.63, 3.8) is 0 Å². The smallest absolute Gasteiger partial charge is 0.174 e. The third-order valence-corrected chi connectivity index (χ3v) is 6.68. The number of nitrogens with zero attached hydrogens (tertiary/aromatic N) is 3. The average Bonchev–Trinajstić information content (AvgIpc) is 3.45. The molecule has 2 aromatic heterocycles. The summed E-state index contributed by atoms with van der Waals surface area (Å²) in [7, 11) is 1.57. The molecule has 0 saturated carbocycles. The number of thiocarbonyl (C=S) groups is 1. The molecule has 1 N–H and O–H groups in total. The molecule has 0 unspecified atom stereocenters. The quantitative estimate of drug-likeness (QED) is 0.309. The van der Waals surface area contributed by atoms with Crippen LogP contribution in [0.2, 0.25) is 10.0 Å². The number of halogens is 3. The molecule has 172 valence electrons. The number of hydrogen-bond acceptors (Lipinski definition) is 3. The third kappa shape index (κ3) is 4.00. The van der Waals surface area contributed by atoms with Crippen LogP contribution in [0.15, 0.2) is 79.1 Å². The Hall–Kier alpha value is -3.13. The molecule has 1 saturated heterocycles. The highest BCUT2D eigenvalue weighted by atomic mass is 35.5. The molecule has 5 nitrogen and oxygen atoms in total. The maximum Gasteiger partial charge on any atom is 0.174 e. The Labute approximate surface area is 211 Å². The van der Waals surface area contributed by atoms with Crippen LogP contribution in [0.5, 0.6) is 5.75 Å². The summed E-state index contributed by atoms with van der Waals surface area (Å²) in [6.45, 7) is 0. The molecule has 5 rings (SSSR count). The van der Waals surface area contributed by atoms with Crippen molar-refractivity contribution in [3.8, 4) is 11.4 Å². The molecule has 1 fully saturated rings. The fourth-order valence-electron chi connectivity index (χ4n) is 4.24. The lowest BCUT2D eigenvalue weighted by Crippen LogP contribution is -2.30. The minimum atomic E-state index is -0.469. The van der Waals surface area contributed by atoms with E-state index in [2.05, 4.69) is 10.3 Å². The number of pyridine rings is 1. The standard InChI is InChI=1S/C25H19Cl2FN4OS/c1-33-22-10-8-16(14-18(22)27)32-24(23(30-25(32)34)20-5-2-3-11-29-20)21-6-4-12-31(21)15-7-9-19(28)17(26)13-15/h2-14,23-24H,1H3,(H,30,34)/t23-,24+/m1/s1. The van der Waals surface area contributed by atoms with Gasteiger partial charge in [0.15, 0.2) is 5.11 Å². The lowest BCUT2D eigenvalue weighted by atomic mass is 10.0. The predicted molar refractivity (Wildman–Crippen MR) is 137 cm³/mol. The van der Waals surface area contributed by atoms with Crippen molar-refractivity contribution in [1.82, 2.24) is 14.9 Å². The van der Waals surface area contributed by atoms with E-state index >= 15 is 0 Å². The van der Waals surface area contributed by atoms with Crippen molar-refractivity contribution < 1.29 is 9.13 Å². The van der Waals surface area contributed by atoms with E-state index in [1.807, 2.05) is 64.2 Å². The molecule has 9 heteroatoms. The number of benzene rings is 2. The van der Waals surface area contributed by atoms with Gasteiger partial charge in [0, 0.05) is 29.5 Å². The van der Waals surface area contributed by atoms with Crippen molar-refractivity contribution in [1.29, 1.82) is 0 Å². The Morgan fingerprint density at radius 3 is 2.50 bits per heavy atom. The molecule has 0 radical (unpaired) electrons. The maximum absolute atomic E-state index is 13.9. The van der Waals surface area contributed by atoms with Crippen LogP contribution in [-0.4, -0.2) is 21.8 Å². The molecule has 0 bridgehead atoms. The van der Waals surface area contributed by atoms with Gasteiger partial charge >= 0.3 is 0 Å². The Morgan fingerprint density at radius 2 is 1.79 bits per heavy atom. The number of anilines is 1. The molecule has 2 aromatic carbocycles. The lowest BCUT2D eigenvalue weighted by molar-refractivity contribution is 0.415. The largest absolute Gasteiger partial charge is 0.495 e. The fourth-order valence-corrected chi connectivity index (χ4v) is 5.02. The zero-order valence-corrected chi connectivity index (χ0v) is 20.3. The lowest BCUT2D eigenvalue weighted by Gasteiger charge is -2.29. The summed E-state index contributed by atoms with van der Waals surface area (Å²) in [4.78, 5) is 6.59. The first-order valence-electron chi connectivity index (χ1n) is 10.4. The average molecular weight is 513 g/mol. The first-order chi connectivity index (χ1) is 16.5. The summed E-state index contributed by atoms with van der Waals surface area (Å²) in [5, 5.41) is 4.49. The van der Waals surface area contributed by atoms with Crippen LogP contribution >= 0.6 is 35.4 Å². The van der Waals surface area contributed by atoms with Gasteiger partial charge in [-0.15, -0.1) is 0 Å². The zero-order valence-electron chi connectivity index (χ0n) is 18.0. The van der Waals surface area contributed by atoms with E-state index in [9.17, 15) is 4.39 Å². The van der Waals surface area contributed by atoms with Gasteiger partial charge in [-0.05, 0) is 72.9 Å². The second-order valence-electron chi connectivity index (χ2n) is 7.72. The summed E-state index contributed by atoms with van der Waals surface area (Å²) >= 11 is 18.3. The van der Waals surface area contributed by atoms with Crippen LogP contribution in [0, 0.1) is 5.82 Å². The summed E-state index contributed by atoms with van der Waals surface area (Å²) in [5.41, 5.74) is 3.28. The van der Waals surface area contributed by atoms with Gasteiger partial charge in [-0.3, -0.25) is 4.98 Å². The Kier molecular flexibility index (Phi) is 6.16. The second-order valence-corrected chi connectivity index (χ2v) is 8.92. The van der Waals surface area contributed by atoms with Crippen LogP contribution < -0.4 is 15.0 Å². The number of methoxy groups -OCH3 is 1. The van der Waals surface area contributed by atoms with E-state index in [0.29, 0.717) is 15.9 Å². The number of nitrogens with one attached hydrogen (secondary N) is 1. The molecule has 0 spiro atoms. The Bertz CT molecular complexity index is 1360. The van der Waals surface area contributed by atoms with Gasteiger partial charge in [0.2, 0.25) is 0 Å². The number of ether oxygens (including phenoxy) is 1. The first kappa shape index (κ1) is 22.7. The number of aromatic nitrogens is 2. The van der Waals surface area contributed by atoms with E-state index < -0.39 is 5.82 Å². The van der Waals surface area contributed by atoms with Gasteiger partial charge in [0.1, 0.15) is 17.6 Å². The highest BCUT2D eigenvalue weighted by molar-refractivity contribution is 7.80. The Morgan fingerprint density at radius 1 is 1.00 bits per heavy atom. The third-order valence-electron chi connectivity index (χ3n) is 5.78. The van der Waals surface area contributed by atoms with Crippen molar-refractivity contribution in [3.05, 3.63) is 106 Å². The minimum Gasteiger partial charge on any atom is -0.495 e. The minimum absolute atomic E-state index is 0.0530. The van der Waals surface area contributed by atoms with Gasteiger partial charge < -0.3 is 19.5 Å². The first-order valence-corrected chi connectivity index (χ1v) is 11.6. The predicted octanol–water partition coefficient (Wildman–Crippen LogP) is 6.50. The summed E-state index contributed by atoms with van der Waals surface area (Å²) in [6.07, 6.45) is 3.66. The normalized spacial score (nSPS) is 17.6. The van der Waals surface area contributed by atoms with Gasteiger partial charge in [0.25, 0.3) is 0 Å². The van der Waals surface area contributed by atoms with Gasteiger partial charge in [-0.1, -0.05) is 29.3 Å². The van der Waals surface area contributed by atoms with Crippen molar-refractivity contribution in [2.24, 2.45) is 0 Å².